The minimum absolute atomic E-state index is 0.654. The standard InChI is InChI=1S/C48H30N4/c1-3-15-31(16-4-1)39-30-45-46(36-21-8-7-19-34(36)39)38-23-11-14-26-43(38)52(45)48-49-41-24-12-9-22-37(41)47(50-48)32-27-28-44-40(29-32)35-20-10-13-25-42(35)51(44)33-17-5-2-6-18-33/h1-30H. The molecule has 0 spiro atoms. The lowest BCUT2D eigenvalue weighted by Gasteiger charge is -2.14. The summed E-state index contributed by atoms with van der Waals surface area (Å²) in [6, 6.07) is 64.8. The van der Waals surface area contributed by atoms with Gasteiger partial charge in [0.15, 0.2) is 0 Å². The minimum atomic E-state index is 0.654. The number of para-hydroxylation sites is 4. The molecule has 0 saturated carbocycles. The lowest BCUT2D eigenvalue weighted by molar-refractivity contribution is 1.01. The Morgan fingerprint density at radius 1 is 0.346 bits per heavy atom. The molecule has 3 heterocycles. The third-order valence-corrected chi connectivity index (χ3v) is 10.5. The summed E-state index contributed by atoms with van der Waals surface area (Å²) in [6.45, 7) is 0. The molecule has 11 rings (SSSR count). The predicted molar refractivity (Wildman–Crippen MR) is 217 cm³/mol. The molecule has 0 N–H and O–H groups in total. The summed E-state index contributed by atoms with van der Waals surface area (Å²) in [6.07, 6.45) is 0. The zero-order valence-corrected chi connectivity index (χ0v) is 28.1. The highest BCUT2D eigenvalue weighted by Crippen LogP contribution is 2.42. The van der Waals surface area contributed by atoms with Gasteiger partial charge in [-0.3, -0.25) is 4.57 Å². The molecule has 0 amide bonds. The van der Waals surface area contributed by atoms with Crippen molar-refractivity contribution in [1.29, 1.82) is 0 Å². The highest BCUT2D eigenvalue weighted by molar-refractivity contribution is 6.24. The maximum absolute atomic E-state index is 5.49. The monoisotopic (exact) mass is 662 g/mol. The Kier molecular flexibility index (Phi) is 6.22. The highest BCUT2D eigenvalue weighted by Gasteiger charge is 2.21. The molecule has 11 aromatic rings. The quantitative estimate of drug-likeness (QED) is 0.188. The summed E-state index contributed by atoms with van der Waals surface area (Å²) in [5, 5.41) is 8.26. The molecule has 4 nitrogen and oxygen atoms in total. The molecule has 8 aromatic carbocycles. The second-order valence-electron chi connectivity index (χ2n) is 13.4. The summed E-state index contributed by atoms with van der Waals surface area (Å²) < 4.78 is 4.62. The van der Waals surface area contributed by atoms with E-state index in [0.29, 0.717) is 5.95 Å². The van der Waals surface area contributed by atoms with Gasteiger partial charge in [-0.15, -0.1) is 0 Å². The molecule has 0 fully saturated rings. The van der Waals surface area contributed by atoms with Crippen LogP contribution in [0.1, 0.15) is 0 Å². The van der Waals surface area contributed by atoms with Crippen molar-refractivity contribution in [3.63, 3.8) is 0 Å². The fourth-order valence-electron chi connectivity index (χ4n) is 8.26. The van der Waals surface area contributed by atoms with Gasteiger partial charge in [-0.1, -0.05) is 133 Å². The van der Waals surface area contributed by atoms with Crippen LogP contribution in [0.3, 0.4) is 0 Å². The molecule has 0 bridgehead atoms. The predicted octanol–water partition coefficient (Wildman–Crippen LogP) is 12.3. The molecule has 0 aliphatic carbocycles. The first-order valence-corrected chi connectivity index (χ1v) is 17.7. The van der Waals surface area contributed by atoms with Gasteiger partial charge in [-0.25, -0.2) is 9.97 Å². The van der Waals surface area contributed by atoms with Crippen LogP contribution < -0.4 is 0 Å². The first-order valence-electron chi connectivity index (χ1n) is 17.7. The number of hydrogen-bond donors (Lipinski definition) is 0. The second-order valence-corrected chi connectivity index (χ2v) is 13.4. The van der Waals surface area contributed by atoms with Crippen LogP contribution in [0.5, 0.6) is 0 Å². The fourth-order valence-corrected chi connectivity index (χ4v) is 8.26. The molecular weight excluding hydrogens is 633 g/mol. The summed E-state index contributed by atoms with van der Waals surface area (Å²) in [7, 11) is 0. The summed E-state index contributed by atoms with van der Waals surface area (Å²) >= 11 is 0. The lowest BCUT2D eigenvalue weighted by Crippen LogP contribution is -2.03. The summed E-state index contributed by atoms with van der Waals surface area (Å²) in [4.78, 5) is 10.8. The minimum Gasteiger partial charge on any atom is -0.309 e. The maximum atomic E-state index is 5.49. The van der Waals surface area contributed by atoms with Gasteiger partial charge in [0.25, 0.3) is 0 Å². The van der Waals surface area contributed by atoms with Crippen molar-refractivity contribution >= 4 is 65.3 Å². The first-order chi connectivity index (χ1) is 25.8. The van der Waals surface area contributed by atoms with Crippen LogP contribution in [0, 0.1) is 0 Å². The Morgan fingerprint density at radius 2 is 0.942 bits per heavy atom. The number of fused-ring (bicyclic) bond motifs is 9. The number of nitrogens with zero attached hydrogens (tertiary/aromatic N) is 4. The maximum Gasteiger partial charge on any atom is 0.235 e. The van der Waals surface area contributed by atoms with Crippen molar-refractivity contribution < 1.29 is 0 Å². The third kappa shape index (κ3) is 4.21. The molecular formula is C48H30N4. The van der Waals surface area contributed by atoms with Crippen molar-refractivity contribution in [2.24, 2.45) is 0 Å². The van der Waals surface area contributed by atoms with E-state index in [-0.39, 0.29) is 0 Å². The fraction of sp³-hybridized carbons (Fsp3) is 0. The zero-order chi connectivity index (χ0) is 34.2. The van der Waals surface area contributed by atoms with Crippen molar-refractivity contribution in [2.45, 2.75) is 0 Å². The molecule has 0 saturated heterocycles. The van der Waals surface area contributed by atoms with Gasteiger partial charge in [-0.2, -0.15) is 0 Å². The van der Waals surface area contributed by atoms with E-state index in [1.807, 2.05) is 0 Å². The lowest BCUT2D eigenvalue weighted by atomic mass is 9.95. The van der Waals surface area contributed by atoms with Gasteiger partial charge in [0.05, 0.1) is 33.3 Å². The SMILES string of the molecule is c1ccc(-c2cc3c(c4ccccc24)c2ccccc2n3-c2nc(-c3ccc4c(c3)c3ccccc3n4-c3ccccc3)c3ccccc3n2)cc1. The normalized spacial score (nSPS) is 11.8. The van der Waals surface area contributed by atoms with Crippen molar-refractivity contribution in [3.8, 4) is 34.0 Å². The van der Waals surface area contributed by atoms with Crippen LogP contribution >= 0.6 is 0 Å². The van der Waals surface area contributed by atoms with E-state index in [9.17, 15) is 0 Å². The Hall–Kier alpha value is -7.04. The summed E-state index contributed by atoms with van der Waals surface area (Å²) in [5.74, 6) is 0.654. The molecule has 0 aliphatic heterocycles. The average Bonchev–Trinajstić information content (AvgIpc) is 3.73. The Balaban J connectivity index is 1.21. The van der Waals surface area contributed by atoms with Crippen LogP contribution in [0.4, 0.5) is 0 Å². The topological polar surface area (TPSA) is 35.6 Å². The third-order valence-electron chi connectivity index (χ3n) is 10.5. The van der Waals surface area contributed by atoms with Crippen LogP contribution in [0.15, 0.2) is 182 Å². The smallest absolute Gasteiger partial charge is 0.235 e. The van der Waals surface area contributed by atoms with Crippen LogP contribution in [0.2, 0.25) is 0 Å². The molecule has 0 unspecified atom stereocenters. The van der Waals surface area contributed by atoms with Crippen LogP contribution in [0.25, 0.3) is 99.3 Å². The number of aromatic nitrogens is 4. The van der Waals surface area contributed by atoms with E-state index >= 15 is 0 Å². The zero-order valence-electron chi connectivity index (χ0n) is 28.1. The van der Waals surface area contributed by atoms with Crippen LogP contribution in [-0.4, -0.2) is 19.1 Å². The number of rotatable bonds is 4. The second kappa shape index (κ2) is 11.2. The Morgan fingerprint density at radius 3 is 1.73 bits per heavy atom. The molecule has 52 heavy (non-hydrogen) atoms. The largest absolute Gasteiger partial charge is 0.309 e. The van der Waals surface area contributed by atoms with Crippen molar-refractivity contribution in [1.82, 2.24) is 19.1 Å². The van der Waals surface area contributed by atoms with E-state index in [4.69, 9.17) is 9.97 Å². The Labute approximate surface area is 299 Å². The number of benzene rings is 8. The van der Waals surface area contributed by atoms with Gasteiger partial charge in [-0.05, 0) is 70.4 Å². The first kappa shape index (κ1) is 28.8. The van der Waals surface area contributed by atoms with Gasteiger partial charge >= 0.3 is 0 Å². The molecule has 0 aliphatic rings. The van der Waals surface area contributed by atoms with Gasteiger partial charge in [0, 0.05) is 38.2 Å². The Bertz CT molecular complexity index is 3170. The van der Waals surface area contributed by atoms with Gasteiger partial charge in [0.2, 0.25) is 5.95 Å². The molecule has 0 radical (unpaired) electrons. The molecule has 3 aromatic heterocycles. The molecule has 0 atom stereocenters. The van der Waals surface area contributed by atoms with Crippen molar-refractivity contribution in [2.75, 3.05) is 0 Å². The van der Waals surface area contributed by atoms with E-state index in [0.717, 1.165) is 44.4 Å². The van der Waals surface area contributed by atoms with Crippen molar-refractivity contribution in [3.05, 3.63) is 182 Å². The van der Waals surface area contributed by atoms with E-state index in [1.165, 1.54) is 49.0 Å². The highest BCUT2D eigenvalue weighted by atomic mass is 15.2. The average molecular weight is 663 g/mol. The molecule has 4 heteroatoms. The summed E-state index contributed by atoms with van der Waals surface area (Å²) in [5.41, 5.74) is 10.9. The van der Waals surface area contributed by atoms with E-state index < -0.39 is 0 Å². The van der Waals surface area contributed by atoms with E-state index in [1.54, 1.807) is 0 Å². The van der Waals surface area contributed by atoms with Gasteiger partial charge < -0.3 is 4.57 Å². The molecule has 242 valence electrons. The van der Waals surface area contributed by atoms with Crippen LogP contribution in [-0.2, 0) is 0 Å². The van der Waals surface area contributed by atoms with E-state index in [2.05, 4.69) is 191 Å². The van der Waals surface area contributed by atoms with Gasteiger partial charge in [0.1, 0.15) is 0 Å². The number of hydrogen-bond acceptors (Lipinski definition) is 2.